The molecule has 0 saturated carbocycles. The van der Waals surface area contributed by atoms with Crippen LogP contribution < -0.4 is 19.9 Å². The number of hydrogen-bond acceptors (Lipinski definition) is 6. The van der Waals surface area contributed by atoms with E-state index in [1.54, 1.807) is 38.5 Å². The molecule has 0 saturated heterocycles. The van der Waals surface area contributed by atoms with E-state index in [1.807, 2.05) is 6.07 Å². The van der Waals surface area contributed by atoms with Crippen LogP contribution in [0.3, 0.4) is 0 Å². The van der Waals surface area contributed by atoms with Gasteiger partial charge in [0.1, 0.15) is 18.2 Å². The van der Waals surface area contributed by atoms with Crippen molar-refractivity contribution in [2.45, 2.75) is 12.6 Å². The zero-order chi connectivity index (χ0) is 18.5. The third kappa shape index (κ3) is 3.92. The van der Waals surface area contributed by atoms with Gasteiger partial charge in [0, 0.05) is 0 Å². The van der Waals surface area contributed by atoms with Gasteiger partial charge >= 0.3 is 0 Å². The molecule has 3 rings (SSSR count). The van der Waals surface area contributed by atoms with Gasteiger partial charge in [-0.15, -0.1) is 0 Å². The lowest BCUT2D eigenvalue weighted by molar-refractivity contribution is 0.296. The summed E-state index contributed by atoms with van der Waals surface area (Å²) in [7, 11) is 3.13. The number of rotatable bonds is 7. The smallest absolute Gasteiger partial charge is 0.172 e. The molecule has 1 atom stereocenters. The first-order chi connectivity index (χ1) is 12.6. The number of halogens is 1. The largest absolute Gasteiger partial charge is 0.493 e. The van der Waals surface area contributed by atoms with Gasteiger partial charge in [0.2, 0.25) is 0 Å². The minimum absolute atomic E-state index is 0.164. The fourth-order valence-electron chi connectivity index (χ4n) is 2.39. The molecule has 0 bridgehead atoms. The number of H-pyrrole nitrogens is 1. The molecule has 3 N–H and O–H groups in total. The predicted octanol–water partition coefficient (Wildman–Crippen LogP) is 2.59. The number of aromatic nitrogens is 3. The normalized spacial score (nSPS) is 11.8. The number of aromatic amines is 1. The molecule has 1 unspecified atom stereocenters. The molecule has 0 amide bonds. The number of nitrogens with one attached hydrogen (secondary N) is 1. The van der Waals surface area contributed by atoms with E-state index >= 15 is 0 Å². The number of nitrogens with zero attached hydrogens (tertiary/aromatic N) is 2. The fourth-order valence-corrected chi connectivity index (χ4v) is 2.39. The zero-order valence-electron chi connectivity index (χ0n) is 14.4. The Morgan fingerprint density at radius 3 is 2.50 bits per heavy atom. The summed E-state index contributed by atoms with van der Waals surface area (Å²) in [4.78, 5) is 4.35. The van der Waals surface area contributed by atoms with E-state index in [0.29, 0.717) is 28.9 Å². The van der Waals surface area contributed by atoms with E-state index in [2.05, 4.69) is 15.2 Å². The minimum atomic E-state index is -0.536. The van der Waals surface area contributed by atoms with Crippen LogP contribution in [-0.2, 0) is 6.61 Å². The average molecular weight is 358 g/mol. The van der Waals surface area contributed by atoms with Crippen molar-refractivity contribution < 1.29 is 18.6 Å². The maximum Gasteiger partial charge on any atom is 0.172 e. The third-order valence-corrected chi connectivity index (χ3v) is 3.78. The van der Waals surface area contributed by atoms with E-state index in [9.17, 15) is 4.39 Å². The van der Waals surface area contributed by atoms with Gasteiger partial charge in [-0.3, -0.25) is 5.10 Å². The van der Waals surface area contributed by atoms with Crippen LogP contribution in [-0.4, -0.2) is 29.4 Å². The molecular weight excluding hydrogens is 339 g/mol. The van der Waals surface area contributed by atoms with E-state index < -0.39 is 6.04 Å². The molecule has 0 aliphatic rings. The van der Waals surface area contributed by atoms with Crippen molar-refractivity contribution in [2.75, 3.05) is 14.2 Å². The Morgan fingerprint density at radius 2 is 1.81 bits per heavy atom. The van der Waals surface area contributed by atoms with Gasteiger partial charge in [-0.05, 0) is 42.0 Å². The highest BCUT2D eigenvalue weighted by Crippen LogP contribution is 2.30. The Kier molecular flexibility index (Phi) is 5.33. The molecule has 8 heteroatoms. The first-order valence-corrected chi connectivity index (χ1v) is 7.87. The quantitative estimate of drug-likeness (QED) is 0.674. The second-order valence-corrected chi connectivity index (χ2v) is 5.47. The third-order valence-electron chi connectivity index (χ3n) is 3.78. The summed E-state index contributed by atoms with van der Waals surface area (Å²) in [5, 5.41) is 6.94. The van der Waals surface area contributed by atoms with Crippen molar-refractivity contribution in [1.29, 1.82) is 0 Å². The molecule has 2 aromatic carbocycles. The van der Waals surface area contributed by atoms with E-state index in [1.165, 1.54) is 12.1 Å². The monoisotopic (exact) mass is 358 g/mol. The van der Waals surface area contributed by atoms with Crippen molar-refractivity contribution in [3.05, 3.63) is 65.5 Å². The molecule has 0 radical (unpaired) electrons. The van der Waals surface area contributed by atoms with Crippen LogP contribution in [0.15, 0.2) is 42.5 Å². The highest BCUT2D eigenvalue weighted by atomic mass is 19.1. The maximum absolute atomic E-state index is 12.9. The summed E-state index contributed by atoms with van der Waals surface area (Å²) in [6, 6.07) is 10.6. The molecule has 136 valence electrons. The fraction of sp³-hybridized carbons (Fsp3) is 0.222. The van der Waals surface area contributed by atoms with Gasteiger partial charge < -0.3 is 19.9 Å². The van der Waals surface area contributed by atoms with Crippen LogP contribution in [0.2, 0.25) is 0 Å². The van der Waals surface area contributed by atoms with E-state index in [-0.39, 0.29) is 12.4 Å². The van der Waals surface area contributed by atoms with Crippen LogP contribution in [0, 0.1) is 5.82 Å². The summed E-state index contributed by atoms with van der Waals surface area (Å²) in [6.45, 7) is 0.164. The number of ether oxygens (including phenoxy) is 3. The summed E-state index contributed by atoms with van der Waals surface area (Å²) < 4.78 is 28.9. The van der Waals surface area contributed by atoms with Crippen molar-refractivity contribution >= 4 is 0 Å². The Balaban J connectivity index is 1.69. The summed E-state index contributed by atoms with van der Waals surface area (Å²) in [5.74, 6) is 2.35. The minimum Gasteiger partial charge on any atom is -0.493 e. The number of nitrogens with two attached hydrogens (primary N) is 1. The van der Waals surface area contributed by atoms with Crippen LogP contribution in [0.5, 0.6) is 17.2 Å². The second-order valence-electron chi connectivity index (χ2n) is 5.47. The van der Waals surface area contributed by atoms with Gasteiger partial charge in [0.05, 0.1) is 20.3 Å². The molecule has 3 aromatic rings. The van der Waals surface area contributed by atoms with Gasteiger partial charge in [0.15, 0.2) is 23.1 Å². The molecule has 26 heavy (non-hydrogen) atoms. The topological polar surface area (TPSA) is 95.3 Å². The van der Waals surface area contributed by atoms with Crippen molar-refractivity contribution in [2.24, 2.45) is 5.73 Å². The van der Waals surface area contributed by atoms with Crippen LogP contribution >= 0.6 is 0 Å². The van der Waals surface area contributed by atoms with Crippen LogP contribution in [0.4, 0.5) is 4.39 Å². The number of methoxy groups -OCH3 is 2. The predicted molar refractivity (Wildman–Crippen MR) is 92.7 cm³/mol. The molecule has 1 aromatic heterocycles. The van der Waals surface area contributed by atoms with E-state index in [4.69, 9.17) is 19.9 Å². The standard InChI is InChI=1S/C18H19FN4O3/c1-24-14-8-3-11(9-15(14)25-2)17(20)18-21-16(22-23-18)10-26-13-6-4-12(19)5-7-13/h3-9,17H,10,20H2,1-2H3,(H,21,22,23). The molecule has 1 heterocycles. The lowest BCUT2D eigenvalue weighted by Crippen LogP contribution is -2.14. The Bertz CT molecular complexity index is 867. The number of hydrogen-bond donors (Lipinski definition) is 2. The first-order valence-electron chi connectivity index (χ1n) is 7.87. The molecule has 0 fully saturated rings. The molecule has 0 aliphatic heterocycles. The van der Waals surface area contributed by atoms with Crippen molar-refractivity contribution in [3.63, 3.8) is 0 Å². The highest BCUT2D eigenvalue weighted by molar-refractivity contribution is 5.44. The zero-order valence-corrected chi connectivity index (χ0v) is 14.4. The average Bonchev–Trinajstić information content (AvgIpc) is 3.15. The highest BCUT2D eigenvalue weighted by Gasteiger charge is 2.17. The van der Waals surface area contributed by atoms with E-state index in [0.717, 1.165) is 5.56 Å². The lowest BCUT2D eigenvalue weighted by atomic mass is 10.1. The maximum atomic E-state index is 12.9. The molecule has 0 spiro atoms. The number of benzene rings is 2. The lowest BCUT2D eigenvalue weighted by Gasteiger charge is -2.12. The Morgan fingerprint density at radius 1 is 1.08 bits per heavy atom. The Hall–Kier alpha value is -3.13. The Labute approximate surface area is 149 Å². The van der Waals surface area contributed by atoms with Gasteiger partial charge in [0.25, 0.3) is 0 Å². The van der Waals surface area contributed by atoms with Crippen LogP contribution in [0.25, 0.3) is 0 Å². The summed E-state index contributed by atoms with van der Waals surface area (Å²) in [6.07, 6.45) is 0. The first kappa shape index (κ1) is 17.7. The van der Waals surface area contributed by atoms with Gasteiger partial charge in [-0.2, -0.15) is 5.10 Å². The van der Waals surface area contributed by atoms with Gasteiger partial charge in [-0.25, -0.2) is 9.37 Å². The second kappa shape index (κ2) is 7.83. The van der Waals surface area contributed by atoms with Gasteiger partial charge in [-0.1, -0.05) is 6.07 Å². The molecule has 0 aliphatic carbocycles. The molecular formula is C18H19FN4O3. The SMILES string of the molecule is COc1ccc(C(N)c2n[nH]c(COc3ccc(F)cc3)n2)cc1OC. The van der Waals surface area contributed by atoms with Crippen LogP contribution in [0.1, 0.15) is 23.3 Å². The molecule has 7 nitrogen and oxygen atoms in total. The summed E-state index contributed by atoms with van der Waals surface area (Å²) >= 11 is 0. The van der Waals surface area contributed by atoms with Crippen molar-refractivity contribution in [3.8, 4) is 17.2 Å². The summed E-state index contributed by atoms with van der Waals surface area (Å²) in [5.41, 5.74) is 7.03. The van der Waals surface area contributed by atoms with Crippen molar-refractivity contribution in [1.82, 2.24) is 15.2 Å².